The molecule has 3 unspecified atom stereocenters. The van der Waals surface area contributed by atoms with Crippen LogP contribution in [0.15, 0.2) is 18.2 Å². The Morgan fingerprint density at radius 1 is 0.763 bits per heavy atom. The second kappa shape index (κ2) is 10.1. The van der Waals surface area contributed by atoms with Crippen LogP contribution in [0.5, 0.6) is 11.5 Å². The summed E-state index contributed by atoms with van der Waals surface area (Å²) in [6.07, 6.45) is -0.154. The van der Waals surface area contributed by atoms with Gasteiger partial charge in [-0.15, -0.1) is 0 Å². The minimum Gasteiger partial charge on any atom is -0.493 e. The van der Waals surface area contributed by atoms with Gasteiger partial charge in [-0.2, -0.15) is 0 Å². The van der Waals surface area contributed by atoms with E-state index in [4.69, 9.17) is 36.7 Å². The van der Waals surface area contributed by atoms with Gasteiger partial charge in [-0.05, 0) is 40.4 Å². The van der Waals surface area contributed by atoms with Crippen molar-refractivity contribution in [1.82, 2.24) is 0 Å². The summed E-state index contributed by atoms with van der Waals surface area (Å²) in [4.78, 5) is 0. The molecular formula is C28H46O8Si2. The second-order valence-electron chi connectivity index (χ2n) is 12.5. The van der Waals surface area contributed by atoms with E-state index in [0.717, 1.165) is 5.56 Å². The van der Waals surface area contributed by atoms with Crippen molar-refractivity contribution in [3.8, 4) is 11.5 Å². The maximum Gasteiger partial charge on any atom is 0.335 e. The zero-order valence-corrected chi connectivity index (χ0v) is 26.6. The molecule has 1 aromatic rings. The number of fused-ring (bicyclic) bond motifs is 4. The third-order valence-electron chi connectivity index (χ3n) is 8.93. The largest absolute Gasteiger partial charge is 0.493 e. The molecule has 2 bridgehead atoms. The molecule has 0 spiro atoms. The molecular weight excluding hydrogens is 520 g/mol. The van der Waals surface area contributed by atoms with Crippen molar-refractivity contribution in [2.75, 3.05) is 20.8 Å². The predicted octanol–water partition coefficient (Wildman–Crippen LogP) is 5.77. The van der Waals surface area contributed by atoms with Crippen LogP contribution in [-0.4, -0.2) is 68.5 Å². The lowest BCUT2D eigenvalue weighted by Gasteiger charge is -2.46. The van der Waals surface area contributed by atoms with E-state index in [1.807, 2.05) is 18.2 Å². The number of rotatable bonds is 8. The third kappa shape index (κ3) is 4.39. The summed E-state index contributed by atoms with van der Waals surface area (Å²) in [7, 11) is -2.07. The number of benzene rings is 1. The number of methoxy groups -OCH3 is 2. The van der Waals surface area contributed by atoms with Crippen molar-refractivity contribution >= 4 is 17.1 Å². The highest BCUT2D eigenvalue weighted by molar-refractivity contribution is 6.84. The molecule has 0 radical (unpaired) electrons. The first kappa shape index (κ1) is 28.5. The molecule has 0 amide bonds. The maximum absolute atomic E-state index is 7.31. The van der Waals surface area contributed by atoms with E-state index >= 15 is 0 Å². The second-order valence-corrected chi connectivity index (χ2v) is 21.3. The van der Waals surface area contributed by atoms with Crippen molar-refractivity contribution < 1.29 is 36.7 Å². The molecule has 6 atom stereocenters. The van der Waals surface area contributed by atoms with E-state index in [0.29, 0.717) is 35.6 Å². The topological polar surface area (TPSA) is 77.1 Å². The first-order chi connectivity index (χ1) is 17.9. The Balaban J connectivity index is 1.53. The molecule has 4 fully saturated rings. The molecule has 8 nitrogen and oxygen atoms in total. The molecule has 4 aliphatic rings. The number of hydrogen-bond donors (Lipinski definition) is 0. The van der Waals surface area contributed by atoms with E-state index in [9.17, 15) is 0 Å². The third-order valence-corrected chi connectivity index (χ3v) is 19.2. The average molecular weight is 567 g/mol. The Hall–Kier alpha value is -0.986. The Bertz CT molecular complexity index is 1000. The van der Waals surface area contributed by atoms with Gasteiger partial charge in [0.05, 0.1) is 33.0 Å². The number of epoxide rings is 1. The van der Waals surface area contributed by atoms with Crippen molar-refractivity contribution in [1.29, 1.82) is 0 Å². The Morgan fingerprint density at radius 2 is 1.37 bits per heavy atom. The highest BCUT2D eigenvalue weighted by Gasteiger charge is 2.69. The Morgan fingerprint density at radius 3 is 1.95 bits per heavy atom. The van der Waals surface area contributed by atoms with Crippen LogP contribution in [0.25, 0.3) is 0 Å². The molecule has 4 saturated heterocycles. The lowest BCUT2D eigenvalue weighted by atomic mass is 9.95. The summed E-state index contributed by atoms with van der Waals surface area (Å²) in [5, 5.41) is 0. The van der Waals surface area contributed by atoms with Crippen LogP contribution in [0.3, 0.4) is 0 Å². The van der Waals surface area contributed by atoms with Crippen LogP contribution in [-0.2, 0) is 33.0 Å². The van der Waals surface area contributed by atoms with Crippen molar-refractivity contribution in [3.05, 3.63) is 23.8 Å². The summed E-state index contributed by atoms with van der Waals surface area (Å²) in [5.41, 5.74) is 1.99. The Kier molecular flexibility index (Phi) is 7.61. The number of ether oxygens (including phenoxy) is 5. The number of hydrogen-bond acceptors (Lipinski definition) is 8. The standard InChI is InChI=1S/C28H46O8Si2/c1-16(2)37(17(3)4)31-15-24(35-38(36-37,18(5)6)19(7)8)26-27-25-23(32-25)14-28(33-26,34-27)20-11-12-21(29-9)22(13-20)30-10/h11-13,16-19,23-27H,14-15H2,1-10H3/t23-,24+,25?,26?,27?,28+/m0/s1. The Labute approximate surface area is 230 Å². The van der Waals surface area contributed by atoms with Crippen molar-refractivity contribution in [2.24, 2.45) is 0 Å². The van der Waals surface area contributed by atoms with Gasteiger partial charge in [-0.25, -0.2) is 0 Å². The van der Waals surface area contributed by atoms with E-state index < -0.39 is 22.9 Å². The smallest absolute Gasteiger partial charge is 0.335 e. The zero-order valence-electron chi connectivity index (χ0n) is 24.6. The van der Waals surface area contributed by atoms with E-state index in [2.05, 4.69) is 55.4 Å². The van der Waals surface area contributed by atoms with Crippen LogP contribution in [0.4, 0.5) is 0 Å². The molecule has 0 aromatic heterocycles. The normalized spacial score (nSPS) is 35.5. The molecule has 4 aliphatic heterocycles. The molecule has 0 saturated carbocycles. The van der Waals surface area contributed by atoms with E-state index in [1.165, 1.54) is 0 Å². The molecule has 0 N–H and O–H groups in total. The molecule has 0 aliphatic carbocycles. The summed E-state index contributed by atoms with van der Waals surface area (Å²) in [6.45, 7) is 18.3. The van der Waals surface area contributed by atoms with Crippen molar-refractivity contribution in [2.45, 2.75) is 120 Å². The molecule has 5 rings (SSSR count). The lowest BCUT2D eigenvalue weighted by Crippen LogP contribution is -2.60. The monoisotopic (exact) mass is 566 g/mol. The van der Waals surface area contributed by atoms with Crippen LogP contribution in [0.1, 0.15) is 67.4 Å². The summed E-state index contributed by atoms with van der Waals surface area (Å²) >= 11 is 0. The van der Waals surface area contributed by atoms with Gasteiger partial charge in [0.2, 0.25) is 0 Å². The fourth-order valence-electron chi connectivity index (χ4n) is 6.80. The van der Waals surface area contributed by atoms with Gasteiger partial charge < -0.3 is 36.7 Å². The van der Waals surface area contributed by atoms with Gasteiger partial charge in [0.15, 0.2) is 17.3 Å². The van der Waals surface area contributed by atoms with E-state index in [-0.39, 0.29) is 41.6 Å². The molecule has 214 valence electrons. The minimum absolute atomic E-state index is 0.00917. The van der Waals surface area contributed by atoms with Crippen LogP contribution in [0, 0.1) is 0 Å². The van der Waals surface area contributed by atoms with Gasteiger partial charge in [0, 0.05) is 12.0 Å². The quantitative estimate of drug-likeness (QED) is 0.290. The van der Waals surface area contributed by atoms with E-state index in [1.54, 1.807) is 14.2 Å². The van der Waals surface area contributed by atoms with Crippen LogP contribution < -0.4 is 9.47 Å². The molecule has 38 heavy (non-hydrogen) atoms. The molecule has 10 heteroatoms. The van der Waals surface area contributed by atoms with Gasteiger partial charge in [-0.1, -0.05) is 55.4 Å². The first-order valence-electron chi connectivity index (χ1n) is 14.2. The van der Waals surface area contributed by atoms with Crippen LogP contribution >= 0.6 is 0 Å². The maximum atomic E-state index is 7.31. The van der Waals surface area contributed by atoms with Crippen LogP contribution in [0.2, 0.25) is 22.2 Å². The highest BCUT2D eigenvalue weighted by Crippen LogP contribution is 2.57. The molecule has 4 heterocycles. The summed E-state index contributed by atoms with van der Waals surface area (Å²) < 4.78 is 52.3. The fourth-order valence-corrected chi connectivity index (χ4v) is 18.0. The lowest BCUT2D eigenvalue weighted by molar-refractivity contribution is -0.202. The zero-order chi connectivity index (χ0) is 27.6. The first-order valence-corrected chi connectivity index (χ1v) is 18.1. The van der Waals surface area contributed by atoms with Gasteiger partial charge in [-0.3, -0.25) is 0 Å². The average Bonchev–Trinajstić information content (AvgIpc) is 3.61. The fraction of sp³-hybridized carbons (Fsp3) is 0.786. The highest BCUT2D eigenvalue weighted by atomic mass is 28.5. The van der Waals surface area contributed by atoms with Gasteiger partial charge in [0.25, 0.3) is 0 Å². The SMILES string of the molecule is COc1ccc([C@@]23C[C@@H]4OC4C(O2)C([C@H]2CO[Si](C(C)C)(C(C)C)O[Si](C(C)C)(C(C)C)O2)O3)cc1OC. The van der Waals surface area contributed by atoms with Gasteiger partial charge >= 0.3 is 17.1 Å². The summed E-state index contributed by atoms with van der Waals surface area (Å²) in [6, 6.07) is 5.84. The summed E-state index contributed by atoms with van der Waals surface area (Å²) in [5.74, 6) is 0.373. The van der Waals surface area contributed by atoms with Gasteiger partial charge in [0.1, 0.15) is 18.3 Å². The minimum atomic E-state index is -2.74. The van der Waals surface area contributed by atoms with Crippen molar-refractivity contribution in [3.63, 3.8) is 0 Å². The predicted molar refractivity (Wildman–Crippen MR) is 148 cm³/mol. The molecule has 1 aromatic carbocycles.